The van der Waals surface area contributed by atoms with Crippen LogP contribution in [-0.4, -0.2) is 81.9 Å². The standard InChI is InChI=1S/C42H44N6O8/c1-41(2,56-43)24-53-36-35(49)33(55-40(36)48-26-46-34-37(44-25-45-38(34)48)47-39(50)27-11-7-5-8-12-27)23-54-42(28-13-9-6-10-14-28,29-15-19-31(51-3)20-16-29)30-17-21-32(52-4)22-18-30/h5-22,25-26,33,35-36,40,49H,23-24,43H2,1-4H3,(H,44,45,47,50)/t33-,35-,36-,40-/m1/s1. The second kappa shape index (κ2) is 16.5. The van der Waals surface area contributed by atoms with Crippen LogP contribution in [0.1, 0.15) is 47.1 Å². The second-order valence-electron chi connectivity index (χ2n) is 13.9. The summed E-state index contributed by atoms with van der Waals surface area (Å²) in [6.45, 7) is 3.47. The summed E-state index contributed by atoms with van der Waals surface area (Å²) in [5.74, 6) is 6.80. The molecule has 0 bridgehead atoms. The van der Waals surface area contributed by atoms with Crippen molar-refractivity contribution in [2.45, 2.75) is 49.6 Å². The number of hydrogen-bond donors (Lipinski definition) is 3. The highest BCUT2D eigenvalue weighted by Crippen LogP contribution is 2.43. The summed E-state index contributed by atoms with van der Waals surface area (Å²) in [5.41, 5.74) is 1.54. The number of benzene rings is 4. The summed E-state index contributed by atoms with van der Waals surface area (Å²) >= 11 is 0. The zero-order chi connectivity index (χ0) is 39.3. The third-order valence-electron chi connectivity index (χ3n) is 9.79. The number of nitrogens with one attached hydrogen (secondary N) is 1. The lowest BCUT2D eigenvalue weighted by Crippen LogP contribution is -2.42. The largest absolute Gasteiger partial charge is 0.497 e. The summed E-state index contributed by atoms with van der Waals surface area (Å²) < 4.78 is 32.7. The van der Waals surface area contributed by atoms with Crippen LogP contribution >= 0.6 is 0 Å². The van der Waals surface area contributed by atoms with Gasteiger partial charge in [0.1, 0.15) is 47.3 Å². The van der Waals surface area contributed by atoms with E-state index in [1.165, 1.54) is 12.7 Å². The maximum atomic E-state index is 13.1. The van der Waals surface area contributed by atoms with Gasteiger partial charge in [-0.3, -0.25) is 14.2 Å². The number of nitrogens with zero attached hydrogens (tertiary/aromatic N) is 4. The molecule has 14 nitrogen and oxygen atoms in total. The number of aromatic nitrogens is 4. The summed E-state index contributed by atoms with van der Waals surface area (Å²) in [7, 11) is 3.23. The van der Waals surface area contributed by atoms with Crippen LogP contribution in [0.5, 0.6) is 11.5 Å². The molecule has 1 amide bonds. The summed E-state index contributed by atoms with van der Waals surface area (Å²) in [6, 6.07) is 34.0. The van der Waals surface area contributed by atoms with Gasteiger partial charge in [0.25, 0.3) is 5.91 Å². The first kappa shape index (κ1) is 38.5. The third-order valence-corrected chi connectivity index (χ3v) is 9.79. The molecule has 0 saturated carbocycles. The Morgan fingerprint density at radius 3 is 2.02 bits per heavy atom. The topological polar surface area (TPSA) is 174 Å². The van der Waals surface area contributed by atoms with Crippen LogP contribution in [0.15, 0.2) is 122 Å². The van der Waals surface area contributed by atoms with Crippen LogP contribution in [0.4, 0.5) is 5.82 Å². The molecule has 1 fully saturated rings. The Hall–Kier alpha value is -5.74. The fraction of sp³-hybridized carbons (Fsp3) is 0.286. The van der Waals surface area contributed by atoms with Gasteiger partial charge < -0.3 is 34.1 Å². The molecule has 290 valence electrons. The smallest absolute Gasteiger partial charge is 0.256 e. The van der Waals surface area contributed by atoms with Gasteiger partial charge in [0.05, 0.1) is 33.8 Å². The molecular formula is C42H44N6O8. The minimum atomic E-state index is -1.20. The fourth-order valence-electron chi connectivity index (χ4n) is 6.77. The molecule has 7 rings (SSSR count). The summed E-state index contributed by atoms with van der Waals surface area (Å²) in [6.07, 6.45) is -1.18. The first-order valence-electron chi connectivity index (χ1n) is 18.0. The van der Waals surface area contributed by atoms with E-state index in [9.17, 15) is 9.90 Å². The molecule has 6 aromatic rings. The molecule has 1 aliphatic rings. The molecule has 3 heterocycles. The van der Waals surface area contributed by atoms with Gasteiger partial charge in [-0.1, -0.05) is 72.8 Å². The van der Waals surface area contributed by atoms with Gasteiger partial charge in [-0.2, -0.15) is 0 Å². The Kier molecular flexibility index (Phi) is 11.4. The number of nitrogens with two attached hydrogens (primary N) is 1. The Morgan fingerprint density at radius 2 is 1.43 bits per heavy atom. The normalized spacial score (nSPS) is 18.5. The number of fused-ring (bicyclic) bond motifs is 1. The molecule has 4 aromatic carbocycles. The molecule has 14 heteroatoms. The van der Waals surface area contributed by atoms with Gasteiger partial charge in [-0.25, -0.2) is 20.8 Å². The zero-order valence-corrected chi connectivity index (χ0v) is 31.4. The molecule has 2 aromatic heterocycles. The van der Waals surface area contributed by atoms with Crippen molar-refractivity contribution in [3.05, 3.63) is 144 Å². The average molecular weight is 761 g/mol. The highest BCUT2D eigenvalue weighted by atomic mass is 16.7. The van der Waals surface area contributed by atoms with E-state index in [-0.39, 0.29) is 24.9 Å². The van der Waals surface area contributed by atoms with Crippen LogP contribution < -0.4 is 20.7 Å². The van der Waals surface area contributed by atoms with Gasteiger partial charge >= 0.3 is 0 Å². The van der Waals surface area contributed by atoms with E-state index in [0.717, 1.165) is 16.7 Å². The molecular weight excluding hydrogens is 716 g/mol. The molecule has 1 aliphatic heterocycles. The van der Waals surface area contributed by atoms with Crippen molar-refractivity contribution < 1.29 is 38.4 Å². The number of anilines is 1. The van der Waals surface area contributed by atoms with Crippen LogP contribution in [0.2, 0.25) is 0 Å². The maximum absolute atomic E-state index is 13.1. The van der Waals surface area contributed by atoms with Crippen molar-refractivity contribution in [3.63, 3.8) is 0 Å². The van der Waals surface area contributed by atoms with E-state index in [4.69, 9.17) is 34.4 Å². The quantitative estimate of drug-likeness (QED) is 0.0898. The van der Waals surface area contributed by atoms with Crippen LogP contribution in [0, 0.1) is 0 Å². The van der Waals surface area contributed by atoms with Crippen LogP contribution in [0.25, 0.3) is 11.2 Å². The lowest BCUT2D eigenvalue weighted by atomic mass is 9.80. The number of carbonyl (C=O) groups is 1. The minimum absolute atomic E-state index is 0.0182. The van der Waals surface area contributed by atoms with Gasteiger partial charge in [-0.15, -0.1) is 0 Å². The first-order valence-corrected chi connectivity index (χ1v) is 18.0. The maximum Gasteiger partial charge on any atom is 0.256 e. The van der Waals surface area contributed by atoms with Crippen molar-refractivity contribution in [2.24, 2.45) is 5.90 Å². The monoisotopic (exact) mass is 760 g/mol. The van der Waals surface area contributed by atoms with E-state index in [1.807, 2.05) is 84.9 Å². The predicted octanol–water partition coefficient (Wildman–Crippen LogP) is 5.42. The Bertz CT molecular complexity index is 2170. The van der Waals surface area contributed by atoms with Crippen molar-refractivity contribution in [3.8, 4) is 11.5 Å². The van der Waals surface area contributed by atoms with Crippen molar-refractivity contribution in [1.29, 1.82) is 0 Å². The van der Waals surface area contributed by atoms with Crippen LogP contribution in [0.3, 0.4) is 0 Å². The highest BCUT2D eigenvalue weighted by Gasteiger charge is 2.49. The minimum Gasteiger partial charge on any atom is -0.497 e. The van der Waals surface area contributed by atoms with E-state index in [1.54, 1.807) is 56.9 Å². The highest BCUT2D eigenvalue weighted by molar-refractivity contribution is 6.06. The van der Waals surface area contributed by atoms with E-state index in [0.29, 0.717) is 28.2 Å². The lowest BCUT2D eigenvalue weighted by Gasteiger charge is -2.37. The molecule has 4 atom stereocenters. The lowest BCUT2D eigenvalue weighted by molar-refractivity contribution is -0.131. The van der Waals surface area contributed by atoms with Crippen molar-refractivity contribution >= 4 is 22.9 Å². The second-order valence-corrected chi connectivity index (χ2v) is 13.9. The molecule has 0 unspecified atom stereocenters. The Balaban J connectivity index is 1.25. The number of aliphatic hydroxyl groups excluding tert-OH is 1. The molecule has 1 saturated heterocycles. The third kappa shape index (κ3) is 7.71. The van der Waals surface area contributed by atoms with Gasteiger partial charge in [0.2, 0.25) is 0 Å². The van der Waals surface area contributed by atoms with E-state index < -0.39 is 35.7 Å². The molecule has 4 N–H and O–H groups in total. The van der Waals surface area contributed by atoms with Crippen LogP contribution in [-0.2, 0) is 24.6 Å². The number of imidazole rings is 1. The Labute approximate surface area is 324 Å². The average Bonchev–Trinajstić information content (AvgIpc) is 3.82. The first-order chi connectivity index (χ1) is 27.2. The molecule has 0 spiro atoms. The number of aliphatic hydroxyl groups is 1. The SMILES string of the molecule is COc1ccc(C(OC[C@H]2O[C@@H](n3cnc4c(NC(=O)c5ccccc5)ncnc43)[C@H](OCC(C)(C)ON)[C@@H]2O)(c2ccccc2)c2ccc(OC)cc2)cc1. The van der Waals surface area contributed by atoms with E-state index in [2.05, 4.69) is 20.3 Å². The number of amides is 1. The molecule has 56 heavy (non-hydrogen) atoms. The van der Waals surface area contributed by atoms with Gasteiger partial charge in [0.15, 0.2) is 23.2 Å². The Morgan fingerprint density at radius 1 is 0.839 bits per heavy atom. The molecule has 0 radical (unpaired) electrons. The summed E-state index contributed by atoms with van der Waals surface area (Å²) in [4.78, 5) is 31.6. The summed E-state index contributed by atoms with van der Waals surface area (Å²) in [5, 5.41) is 14.9. The predicted molar refractivity (Wildman–Crippen MR) is 207 cm³/mol. The zero-order valence-electron chi connectivity index (χ0n) is 31.4. The number of rotatable bonds is 15. The van der Waals surface area contributed by atoms with Gasteiger partial charge in [0, 0.05) is 5.56 Å². The molecule has 0 aliphatic carbocycles. The van der Waals surface area contributed by atoms with Gasteiger partial charge in [-0.05, 0) is 66.9 Å². The van der Waals surface area contributed by atoms with E-state index >= 15 is 0 Å². The number of ether oxygens (including phenoxy) is 5. The van der Waals surface area contributed by atoms with Crippen molar-refractivity contribution in [1.82, 2.24) is 19.5 Å². The number of carbonyl (C=O) groups excluding carboxylic acids is 1. The number of hydrogen-bond acceptors (Lipinski definition) is 12. The number of methoxy groups -OCH3 is 2. The van der Waals surface area contributed by atoms with Crippen molar-refractivity contribution in [2.75, 3.05) is 32.8 Å². The fourth-order valence-corrected chi connectivity index (χ4v) is 6.77.